The van der Waals surface area contributed by atoms with Crippen molar-refractivity contribution in [1.29, 1.82) is 0 Å². The topological polar surface area (TPSA) is 38.3 Å². The highest BCUT2D eigenvalue weighted by Crippen LogP contribution is 2.25. The molecule has 0 heterocycles. The molecule has 0 fully saturated rings. The van der Waals surface area contributed by atoms with Crippen molar-refractivity contribution < 1.29 is 9.53 Å². The Morgan fingerprint density at radius 2 is 1.90 bits per heavy atom. The maximum Gasteiger partial charge on any atom is 0.337 e. The fourth-order valence-electron chi connectivity index (χ4n) is 1.61. The summed E-state index contributed by atoms with van der Waals surface area (Å²) in [7, 11) is 1.34. The van der Waals surface area contributed by atoms with Crippen molar-refractivity contribution >= 4 is 35.2 Å². The standard InChI is InChI=1S/C15H14ClNO2S/c1-10-3-5-14(6-4-10)20-17-13-8-11(15(18)19-2)7-12(16)9-13/h3-9,17H,1-2H3. The maximum atomic E-state index is 11.5. The van der Waals surface area contributed by atoms with Crippen LogP contribution in [0.25, 0.3) is 0 Å². The first-order valence-electron chi connectivity index (χ1n) is 5.97. The summed E-state index contributed by atoms with van der Waals surface area (Å²) >= 11 is 7.45. The minimum atomic E-state index is -0.407. The Labute approximate surface area is 127 Å². The van der Waals surface area contributed by atoms with Crippen molar-refractivity contribution in [2.24, 2.45) is 0 Å². The van der Waals surface area contributed by atoms with Crippen LogP contribution in [0.4, 0.5) is 5.69 Å². The molecular weight excluding hydrogens is 294 g/mol. The Morgan fingerprint density at radius 1 is 1.20 bits per heavy atom. The van der Waals surface area contributed by atoms with Gasteiger partial charge in [-0.2, -0.15) is 0 Å². The van der Waals surface area contributed by atoms with Crippen LogP contribution in [0.2, 0.25) is 5.02 Å². The van der Waals surface area contributed by atoms with E-state index in [-0.39, 0.29) is 0 Å². The number of rotatable bonds is 4. The molecule has 0 aromatic heterocycles. The minimum Gasteiger partial charge on any atom is -0.465 e. The van der Waals surface area contributed by atoms with Gasteiger partial charge in [-0.3, -0.25) is 0 Å². The maximum absolute atomic E-state index is 11.5. The van der Waals surface area contributed by atoms with E-state index in [2.05, 4.69) is 4.72 Å². The number of hydrogen-bond donors (Lipinski definition) is 1. The number of benzene rings is 2. The third kappa shape index (κ3) is 3.92. The molecule has 0 amide bonds. The Balaban J connectivity index is 2.11. The summed E-state index contributed by atoms with van der Waals surface area (Å²) in [6.45, 7) is 2.04. The molecule has 0 bridgehead atoms. The van der Waals surface area contributed by atoms with E-state index in [1.807, 2.05) is 31.2 Å². The smallest absolute Gasteiger partial charge is 0.337 e. The Bertz CT molecular complexity index is 614. The number of anilines is 1. The van der Waals surface area contributed by atoms with Crippen LogP contribution in [0.3, 0.4) is 0 Å². The number of carbonyl (C=O) groups excluding carboxylic acids is 1. The largest absolute Gasteiger partial charge is 0.465 e. The second kappa shape index (κ2) is 6.68. The third-order valence-electron chi connectivity index (χ3n) is 2.63. The van der Waals surface area contributed by atoms with Crippen LogP contribution in [-0.2, 0) is 4.74 Å². The summed E-state index contributed by atoms with van der Waals surface area (Å²) in [5.41, 5.74) is 2.39. The van der Waals surface area contributed by atoms with Gasteiger partial charge in [-0.1, -0.05) is 29.3 Å². The molecule has 2 aromatic carbocycles. The third-order valence-corrected chi connectivity index (χ3v) is 3.69. The molecule has 0 aliphatic carbocycles. The first-order chi connectivity index (χ1) is 9.58. The highest BCUT2D eigenvalue weighted by Gasteiger charge is 2.08. The van der Waals surface area contributed by atoms with Crippen LogP contribution in [0, 0.1) is 6.92 Å². The average molecular weight is 308 g/mol. The molecule has 3 nitrogen and oxygen atoms in total. The van der Waals surface area contributed by atoms with Crippen molar-refractivity contribution in [2.75, 3.05) is 11.8 Å². The summed E-state index contributed by atoms with van der Waals surface area (Å²) in [5, 5.41) is 0.486. The molecule has 5 heteroatoms. The summed E-state index contributed by atoms with van der Waals surface area (Å²) < 4.78 is 7.86. The SMILES string of the molecule is COC(=O)c1cc(Cl)cc(NSc2ccc(C)cc2)c1. The lowest BCUT2D eigenvalue weighted by Crippen LogP contribution is -2.01. The monoisotopic (exact) mass is 307 g/mol. The summed E-state index contributed by atoms with van der Waals surface area (Å²) in [5.74, 6) is -0.407. The number of hydrogen-bond acceptors (Lipinski definition) is 4. The van der Waals surface area contributed by atoms with Crippen LogP contribution >= 0.6 is 23.5 Å². The zero-order valence-electron chi connectivity index (χ0n) is 11.1. The second-order valence-corrected chi connectivity index (χ2v) is 5.55. The first-order valence-corrected chi connectivity index (χ1v) is 7.16. The molecule has 0 aliphatic rings. The van der Waals surface area contributed by atoms with Gasteiger partial charge in [0.05, 0.1) is 12.7 Å². The number of aryl methyl sites for hydroxylation is 1. The van der Waals surface area contributed by atoms with E-state index >= 15 is 0 Å². The van der Waals surface area contributed by atoms with E-state index in [1.165, 1.54) is 24.6 Å². The molecule has 1 N–H and O–H groups in total. The molecule has 20 heavy (non-hydrogen) atoms. The van der Waals surface area contributed by atoms with Crippen molar-refractivity contribution in [3.63, 3.8) is 0 Å². The molecule has 0 unspecified atom stereocenters. The Hall–Kier alpha value is -1.65. The first kappa shape index (κ1) is 14.8. The minimum absolute atomic E-state index is 0.407. The molecule has 0 aliphatic heterocycles. The van der Waals surface area contributed by atoms with Gasteiger partial charge in [-0.25, -0.2) is 4.79 Å². The number of methoxy groups -OCH3 is 1. The zero-order valence-corrected chi connectivity index (χ0v) is 12.7. The normalized spacial score (nSPS) is 10.2. The molecular formula is C15H14ClNO2S. The van der Waals surface area contributed by atoms with Crippen LogP contribution in [0.15, 0.2) is 47.4 Å². The number of nitrogens with one attached hydrogen (secondary N) is 1. The van der Waals surface area contributed by atoms with E-state index in [4.69, 9.17) is 16.3 Å². The van der Waals surface area contributed by atoms with Gasteiger partial charge in [0.2, 0.25) is 0 Å². The van der Waals surface area contributed by atoms with Crippen LogP contribution in [0.1, 0.15) is 15.9 Å². The van der Waals surface area contributed by atoms with E-state index in [1.54, 1.807) is 18.2 Å². The van der Waals surface area contributed by atoms with Gasteiger partial charge in [-0.05, 0) is 49.2 Å². The lowest BCUT2D eigenvalue weighted by atomic mass is 10.2. The molecule has 104 valence electrons. The van der Waals surface area contributed by atoms with Crippen molar-refractivity contribution in [3.05, 3.63) is 58.6 Å². The fourth-order valence-corrected chi connectivity index (χ4v) is 2.47. The Kier molecular flexibility index (Phi) is 4.93. The van der Waals surface area contributed by atoms with Gasteiger partial charge in [-0.15, -0.1) is 0 Å². The number of carbonyl (C=O) groups is 1. The molecule has 2 aromatic rings. The predicted molar refractivity (Wildman–Crippen MR) is 83.5 cm³/mol. The molecule has 0 spiro atoms. The number of ether oxygens (including phenoxy) is 1. The molecule has 0 radical (unpaired) electrons. The van der Waals surface area contributed by atoms with Gasteiger partial charge in [0.25, 0.3) is 0 Å². The van der Waals surface area contributed by atoms with E-state index in [9.17, 15) is 4.79 Å². The van der Waals surface area contributed by atoms with Gasteiger partial charge >= 0.3 is 5.97 Å². The van der Waals surface area contributed by atoms with Gasteiger partial charge in [0.15, 0.2) is 0 Å². The summed E-state index contributed by atoms with van der Waals surface area (Å²) in [6.07, 6.45) is 0. The van der Waals surface area contributed by atoms with Gasteiger partial charge < -0.3 is 9.46 Å². The number of esters is 1. The number of halogens is 1. The van der Waals surface area contributed by atoms with E-state index in [0.29, 0.717) is 10.6 Å². The highest BCUT2D eigenvalue weighted by atomic mass is 35.5. The predicted octanol–water partition coefficient (Wildman–Crippen LogP) is 4.55. The fraction of sp³-hybridized carbons (Fsp3) is 0.133. The molecule has 0 saturated heterocycles. The quantitative estimate of drug-likeness (QED) is 0.664. The van der Waals surface area contributed by atoms with E-state index < -0.39 is 5.97 Å². The second-order valence-electron chi connectivity index (χ2n) is 4.24. The molecule has 2 rings (SSSR count). The Morgan fingerprint density at radius 3 is 2.55 bits per heavy atom. The van der Waals surface area contributed by atoms with Crippen LogP contribution in [0.5, 0.6) is 0 Å². The van der Waals surface area contributed by atoms with Crippen LogP contribution < -0.4 is 4.72 Å². The van der Waals surface area contributed by atoms with E-state index in [0.717, 1.165) is 10.6 Å². The summed E-state index contributed by atoms with van der Waals surface area (Å²) in [6, 6.07) is 13.2. The summed E-state index contributed by atoms with van der Waals surface area (Å²) in [4.78, 5) is 12.6. The lowest BCUT2D eigenvalue weighted by molar-refractivity contribution is 0.0601. The zero-order chi connectivity index (χ0) is 14.5. The highest BCUT2D eigenvalue weighted by molar-refractivity contribution is 8.00. The van der Waals surface area contributed by atoms with Crippen molar-refractivity contribution in [2.45, 2.75) is 11.8 Å². The van der Waals surface area contributed by atoms with Crippen molar-refractivity contribution in [3.8, 4) is 0 Å². The average Bonchev–Trinajstić information content (AvgIpc) is 2.45. The van der Waals surface area contributed by atoms with Crippen molar-refractivity contribution in [1.82, 2.24) is 0 Å². The molecule has 0 atom stereocenters. The van der Waals surface area contributed by atoms with Gasteiger partial charge in [0.1, 0.15) is 0 Å². The van der Waals surface area contributed by atoms with Gasteiger partial charge in [0, 0.05) is 15.6 Å². The van der Waals surface area contributed by atoms with Crippen LogP contribution in [-0.4, -0.2) is 13.1 Å². The molecule has 0 saturated carbocycles. The lowest BCUT2D eigenvalue weighted by Gasteiger charge is -2.08.